The van der Waals surface area contributed by atoms with Gasteiger partial charge in [-0.1, -0.05) is 42.5 Å². The Balaban J connectivity index is 1.52. The molecule has 0 bridgehead atoms. The molecule has 0 aromatic heterocycles. The summed E-state index contributed by atoms with van der Waals surface area (Å²) in [5.41, 5.74) is 2.08. The normalized spacial score (nSPS) is 18.6. The lowest BCUT2D eigenvalue weighted by Gasteiger charge is -2.38. The number of carbonyl (C=O) groups excluding carboxylic acids is 2. The molecule has 1 saturated carbocycles. The largest absolute Gasteiger partial charge is 0.352 e. The number of carbonyl (C=O) groups is 2. The molecule has 1 aliphatic carbocycles. The predicted molar refractivity (Wildman–Crippen MR) is 112 cm³/mol. The maximum Gasteiger partial charge on any atom is 0.241 e. The molecular formula is C22H25N3O2S. The zero-order valence-corrected chi connectivity index (χ0v) is 16.8. The summed E-state index contributed by atoms with van der Waals surface area (Å²) in [6, 6.07) is 18.5. The van der Waals surface area contributed by atoms with E-state index in [4.69, 9.17) is 0 Å². The van der Waals surface area contributed by atoms with Gasteiger partial charge >= 0.3 is 0 Å². The average molecular weight is 396 g/mol. The van der Waals surface area contributed by atoms with Crippen molar-refractivity contribution in [2.24, 2.45) is 0 Å². The monoisotopic (exact) mass is 395 g/mol. The number of benzene rings is 2. The molecule has 1 aliphatic heterocycles. The van der Waals surface area contributed by atoms with Crippen LogP contribution in [0, 0.1) is 0 Å². The number of hydrogen-bond donors (Lipinski definition) is 1. The number of fused-ring (bicyclic) bond motifs is 1. The van der Waals surface area contributed by atoms with Gasteiger partial charge in [0, 0.05) is 16.7 Å². The molecule has 1 heterocycles. The quantitative estimate of drug-likeness (QED) is 0.817. The fraction of sp³-hybridized carbons (Fsp3) is 0.364. The number of nitrogens with zero attached hydrogens (tertiary/aromatic N) is 2. The third kappa shape index (κ3) is 4.39. The first kappa shape index (κ1) is 19.0. The molecule has 2 aromatic carbocycles. The second-order valence-electron chi connectivity index (χ2n) is 7.48. The Morgan fingerprint density at radius 2 is 1.79 bits per heavy atom. The summed E-state index contributed by atoms with van der Waals surface area (Å²) >= 11 is 1.78. The standard InChI is InChI=1S/C22H25N3O2S/c1-24(13-21(26)23-17-11-12-17)14-22(27)25-18-9-5-6-10-20(18)28-15-19(25)16-7-3-2-4-8-16/h2-10,17,19H,11-15H2,1H3,(H,23,26)/t19-/m0/s1. The van der Waals surface area contributed by atoms with Crippen molar-refractivity contribution in [1.29, 1.82) is 0 Å². The summed E-state index contributed by atoms with van der Waals surface area (Å²) in [6.45, 7) is 0.447. The summed E-state index contributed by atoms with van der Waals surface area (Å²) < 4.78 is 0. The van der Waals surface area contributed by atoms with E-state index in [2.05, 4.69) is 23.5 Å². The number of rotatable bonds is 6. The second-order valence-corrected chi connectivity index (χ2v) is 8.54. The van der Waals surface area contributed by atoms with Crippen LogP contribution in [0.5, 0.6) is 0 Å². The van der Waals surface area contributed by atoms with Crippen molar-refractivity contribution < 1.29 is 9.59 Å². The molecule has 28 heavy (non-hydrogen) atoms. The molecule has 6 heteroatoms. The molecule has 2 aromatic rings. The fourth-order valence-corrected chi connectivity index (χ4v) is 4.70. The highest BCUT2D eigenvalue weighted by atomic mass is 32.2. The minimum atomic E-state index is -0.0118. The van der Waals surface area contributed by atoms with E-state index < -0.39 is 0 Å². The topological polar surface area (TPSA) is 52.7 Å². The Kier molecular flexibility index (Phi) is 5.69. The molecule has 0 unspecified atom stereocenters. The third-order valence-electron chi connectivity index (χ3n) is 5.05. The highest BCUT2D eigenvalue weighted by Gasteiger charge is 2.33. The van der Waals surface area contributed by atoms with Gasteiger partial charge in [-0.2, -0.15) is 0 Å². The SMILES string of the molecule is CN(CC(=O)NC1CC1)CC(=O)N1c2ccccc2SC[C@H]1c1ccccc1. The van der Waals surface area contributed by atoms with Crippen LogP contribution in [-0.2, 0) is 9.59 Å². The Labute approximate surface area is 170 Å². The highest BCUT2D eigenvalue weighted by molar-refractivity contribution is 7.99. The van der Waals surface area contributed by atoms with Gasteiger partial charge < -0.3 is 10.2 Å². The average Bonchev–Trinajstić information content (AvgIpc) is 3.51. The van der Waals surface area contributed by atoms with Crippen LogP contribution < -0.4 is 10.2 Å². The predicted octanol–water partition coefficient (Wildman–Crippen LogP) is 3.08. The van der Waals surface area contributed by atoms with Gasteiger partial charge in [0.05, 0.1) is 24.8 Å². The number of likely N-dealkylation sites (N-methyl/N-ethyl adjacent to an activating group) is 1. The maximum atomic E-state index is 13.3. The zero-order chi connectivity index (χ0) is 19.5. The molecule has 4 rings (SSSR count). The summed E-state index contributed by atoms with van der Waals surface area (Å²) in [7, 11) is 1.83. The van der Waals surface area contributed by atoms with Gasteiger partial charge in [0.1, 0.15) is 0 Å². The summed E-state index contributed by atoms with van der Waals surface area (Å²) in [4.78, 5) is 30.2. The molecule has 2 aliphatic rings. The van der Waals surface area contributed by atoms with Crippen LogP contribution in [0.25, 0.3) is 0 Å². The van der Waals surface area contributed by atoms with Crippen LogP contribution in [0.3, 0.4) is 0 Å². The molecule has 5 nitrogen and oxygen atoms in total. The minimum Gasteiger partial charge on any atom is -0.352 e. The van der Waals surface area contributed by atoms with E-state index in [0.717, 1.165) is 34.7 Å². The van der Waals surface area contributed by atoms with Crippen molar-refractivity contribution in [2.45, 2.75) is 29.8 Å². The van der Waals surface area contributed by atoms with Gasteiger partial charge in [0.15, 0.2) is 0 Å². The summed E-state index contributed by atoms with van der Waals surface area (Å²) in [6.07, 6.45) is 2.13. The van der Waals surface area contributed by atoms with Crippen LogP contribution in [-0.4, -0.2) is 48.6 Å². The summed E-state index contributed by atoms with van der Waals surface area (Å²) in [5, 5.41) is 2.98. The first-order valence-corrected chi connectivity index (χ1v) is 10.7. The van der Waals surface area contributed by atoms with Crippen molar-refractivity contribution in [1.82, 2.24) is 10.2 Å². The lowest BCUT2D eigenvalue weighted by Crippen LogP contribution is -2.46. The zero-order valence-electron chi connectivity index (χ0n) is 16.0. The van der Waals surface area contributed by atoms with E-state index in [1.807, 2.05) is 48.3 Å². The Hall–Kier alpha value is -2.31. The van der Waals surface area contributed by atoms with Crippen molar-refractivity contribution in [2.75, 3.05) is 30.8 Å². The molecule has 2 amide bonds. The van der Waals surface area contributed by atoms with Crippen molar-refractivity contribution in [3.8, 4) is 0 Å². The molecule has 0 radical (unpaired) electrons. The van der Waals surface area contributed by atoms with Crippen molar-refractivity contribution in [3.63, 3.8) is 0 Å². The Morgan fingerprint density at radius 1 is 1.07 bits per heavy atom. The van der Waals surface area contributed by atoms with Crippen LogP contribution in [0.2, 0.25) is 0 Å². The number of hydrogen-bond acceptors (Lipinski definition) is 4. The van der Waals surface area contributed by atoms with E-state index in [-0.39, 0.29) is 30.9 Å². The molecule has 1 fully saturated rings. The van der Waals surface area contributed by atoms with Crippen LogP contribution in [0.1, 0.15) is 24.4 Å². The number of nitrogens with one attached hydrogen (secondary N) is 1. The molecule has 1 N–H and O–H groups in total. The van der Waals surface area contributed by atoms with E-state index in [1.54, 1.807) is 16.7 Å². The first-order valence-electron chi connectivity index (χ1n) is 9.68. The van der Waals surface area contributed by atoms with E-state index in [0.29, 0.717) is 6.04 Å². The van der Waals surface area contributed by atoms with Gasteiger partial charge in [0.2, 0.25) is 11.8 Å². The van der Waals surface area contributed by atoms with Crippen LogP contribution >= 0.6 is 11.8 Å². The number of para-hydroxylation sites is 1. The lowest BCUT2D eigenvalue weighted by atomic mass is 10.1. The van der Waals surface area contributed by atoms with Gasteiger partial charge in [0.25, 0.3) is 0 Å². The molecule has 0 saturated heterocycles. The van der Waals surface area contributed by atoms with Gasteiger partial charge in [-0.25, -0.2) is 0 Å². The summed E-state index contributed by atoms with van der Waals surface area (Å²) in [5.74, 6) is 0.828. The van der Waals surface area contributed by atoms with Gasteiger partial charge in [-0.3, -0.25) is 14.5 Å². The van der Waals surface area contributed by atoms with Crippen LogP contribution in [0.4, 0.5) is 5.69 Å². The molecular weight excluding hydrogens is 370 g/mol. The molecule has 146 valence electrons. The number of anilines is 1. The van der Waals surface area contributed by atoms with Crippen molar-refractivity contribution in [3.05, 3.63) is 60.2 Å². The highest BCUT2D eigenvalue weighted by Crippen LogP contribution is 2.43. The smallest absolute Gasteiger partial charge is 0.241 e. The minimum absolute atomic E-state index is 0.00740. The number of thioether (sulfide) groups is 1. The van der Waals surface area contributed by atoms with Gasteiger partial charge in [-0.05, 0) is 37.6 Å². The fourth-order valence-electron chi connectivity index (χ4n) is 3.53. The second kappa shape index (κ2) is 8.37. The van der Waals surface area contributed by atoms with Crippen molar-refractivity contribution >= 4 is 29.3 Å². The van der Waals surface area contributed by atoms with E-state index in [9.17, 15) is 9.59 Å². The van der Waals surface area contributed by atoms with Gasteiger partial charge in [-0.15, -0.1) is 11.8 Å². The molecule has 0 spiro atoms. The van der Waals surface area contributed by atoms with Crippen LogP contribution in [0.15, 0.2) is 59.5 Å². The number of amides is 2. The third-order valence-corrected chi connectivity index (χ3v) is 6.19. The first-order chi connectivity index (χ1) is 13.6. The maximum absolute atomic E-state index is 13.3. The Morgan fingerprint density at radius 3 is 2.54 bits per heavy atom. The van der Waals surface area contributed by atoms with E-state index >= 15 is 0 Å². The lowest BCUT2D eigenvalue weighted by molar-refractivity contribution is -0.123. The van der Waals surface area contributed by atoms with E-state index in [1.165, 1.54) is 0 Å². The molecule has 1 atom stereocenters. The Bertz CT molecular complexity index is 854.